The van der Waals surface area contributed by atoms with E-state index in [0.717, 1.165) is 6.54 Å². The Hall–Kier alpha value is 0.270. The van der Waals surface area contributed by atoms with Crippen LogP contribution in [0.4, 0.5) is 0 Å². The van der Waals surface area contributed by atoms with E-state index in [-0.39, 0.29) is 0 Å². The van der Waals surface area contributed by atoms with Crippen molar-refractivity contribution in [3.63, 3.8) is 0 Å². The molecule has 1 fully saturated rings. The van der Waals surface area contributed by atoms with Gasteiger partial charge in [-0.15, -0.1) is 0 Å². The van der Waals surface area contributed by atoms with Crippen molar-refractivity contribution in [1.82, 2.24) is 9.80 Å². The van der Waals surface area contributed by atoms with Crippen molar-refractivity contribution in [3.05, 3.63) is 0 Å². The molecule has 0 aromatic heterocycles. The number of hydrogen-bond acceptors (Lipinski definition) is 3. The predicted octanol–water partition coefficient (Wildman–Crippen LogP) is 1.29. The summed E-state index contributed by atoms with van der Waals surface area (Å²) in [6.07, 6.45) is 2.78. The Labute approximate surface area is 81.3 Å². The first-order chi connectivity index (χ1) is 5.70. The lowest BCUT2D eigenvalue weighted by Crippen LogP contribution is -2.34. The maximum atomic E-state index is 4.38. The van der Waals surface area contributed by atoms with Crippen LogP contribution in [0.25, 0.3) is 0 Å². The molecule has 1 atom stereocenters. The summed E-state index contributed by atoms with van der Waals surface area (Å²) in [6.45, 7) is 7.07. The minimum Gasteiger partial charge on any atom is -0.302 e. The summed E-state index contributed by atoms with van der Waals surface area (Å²) in [4.78, 5) is 4.81. The molecule has 0 spiro atoms. The van der Waals surface area contributed by atoms with Gasteiger partial charge in [0.05, 0.1) is 0 Å². The van der Waals surface area contributed by atoms with E-state index in [2.05, 4.69) is 36.4 Å². The Morgan fingerprint density at radius 2 is 2.00 bits per heavy atom. The Morgan fingerprint density at radius 1 is 1.42 bits per heavy atom. The van der Waals surface area contributed by atoms with Crippen LogP contribution < -0.4 is 0 Å². The molecule has 0 aromatic carbocycles. The predicted molar refractivity (Wildman–Crippen MR) is 56.8 cm³/mol. The molecule has 0 amide bonds. The molecule has 1 saturated heterocycles. The number of likely N-dealkylation sites (N-methyl/N-ethyl adjacent to an activating group) is 1. The molecule has 0 aliphatic carbocycles. The molecule has 3 heteroatoms. The van der Waals surface area contributed by atoms with Gasteiger partial charge in [-0.05, 0) is 39.9 Å². The SMILES string of the molecule is CC(S)N(C)CCN1CCCC1. The van der Waals surface area contributed by atoms with Crippen LogP contribution in [0.15, 0.2) is 0 Å². The summed E-state index contributed by atoms with van der Waals surface area (Å²) in [6, 6.07) is 0. The lowest BCUT2D eigenvalue weighted by atomic mass is 10.4. The lowest BCUT2D eigenvalue weighted by Gasteiger charge is -2.23. The highest BCUT2D eigenvalue weighted by molar-refractivity contribution is 7.80. The zero-order valence-corrected chi connectivity index (χ0v) is 9.06. The molecule has 12 heavy (non-hydrogen) atoms. The van der Waals surface area contributed by atoms with Gasteiger partial charge in [0.15, 0.2) is 0 Å². The van der Waals surface area contributed by atoms with Crippen molar-refractivity contribution < 1.29 is 0 Å². The van der Waals surface area contributed by atoms with Crippen LogP contribution in [0.2, 0.25) is 0 Å². The highest BCUT2D eigenvalue weighted by atomic mass is 32.1. The van der Waals surface area contributed by atoms with Crippen molar-refractivity contribution in [2.75, 3.05) is 33.2 Å². The average molecular weight is 188 g/mol. The van der Waals surface area contributed by atoms with E-state index in [1.54, 1.807) is 0 Å². The molecular formula is C9H20N2S. The van der Waals surface area contributed by atoms with Crippen LogP contribution in [0, 0.1) is 0 Å². The molecule has 72 valence electrons. The number of likely N-dealkylation sites (tertiary alicyclic amines) is 1. The van der Waals surface area contributed by atoms with Gasteiger partial charge in [0.25, 0.3) is 0 Å². The summed E-state index contributed by atoms with van der Waals surface area (Å²) < 4.78 is 0. The molecule has 0 radical (unpaired) electrons. The minimum atomic E-state index is 0.382. The van der Waals surface area contributed by atoms with Gasteiger partial charge in [0.1, 0.15) is 0 Å². The van der Waals surface area contributed by atoms with Gasteiger partial charge < -0.3 is 4.90 Å². The quantitative estimate of drug-likeness (QED) is 0.525. The molecule has 0 bridgehead atoms. The van der Waals surface area contributed by atoms with Crippen LogP contribution in [0.3, 0.4) is 0 Å². The van der Waals surface area contributed by atoms with Gasteiger partial charge in [-0.1, -0.05) is 0 Å². The van der Waals surface area contributed by atoms with Crippen LogP contribution in [0.1, 0.15) is 19.8 Å². The van der Waals surface area contributed by atoms with E-state index in [9.17, 15) is 0 Å². The molecule has 1 heterocycles. The van der Waals surface area contributed by atoms with Crippen LogP contribution in [0.5, 0.6) is 0 Å². The standard InChI is InChI=1S/C9H20N2S/c1-9(12)10(2)7-8-11-5-3-4-6-11/h9,12H,3-8H2,1-2H3. The molecule has 1 aliphatic rings. The topological polar surface area (TPSA) is 6.48 Å². The highest BCUT2D eigenvalue weighted by Crippen LogP contribution is 2.07. The fraction of sp³-hybridized carbons (Fsp3) is 1.00. The number of nitrogens with zero attached hydrogens (tertiary/aromatic N) is 2. The van der Waals surface area contributed by atoms with Crippen molar-refractivity contribution >= 4 is 12.6 Å². The first-order valence-electron chi connectivity index (χ1n) is 4.81. The molecule has 1 rings (SSSR count). The second kappa shape index (κ2) is 5.10. The third kappa shape index (κ3) is 3.33. The first kappa shape index (κ1) is 10.4. The molecule has 1 aliphatic heterocycles. The fourth-order valence-corrected chi connectivity index (χ4v) is 1.61. The normalized spacial score (nSPS) is 22.0. The summed E-state index contributed by atoms with van der Waals surface area (Å²) in [7, 11) is 2.13. The smallest absolute Gasteiger partial charge is 0.0496 e. The number of hydrogen-bond donors (Lipinski definition) is 1. The number of rotatable bonds is 4. The summed E-state index contributed by atoms with van der Waals surface area (Å²) in [5.74, 6) is 0. The summed E-state index contributed by atoms with van der Waals surface area (Å²) in [5, 5.41) is 0.382. The van der Waals surface area contributed by atoms with Gasteiger partial charge >= 0.3 is 0 Å². The maximum absolute atomic E-state index is 4.38. The minimum absolute atomic E-state index is 0.382. The average Bonchev–Trinajstić information content (AvgIpc) is 2.51. The number of thiol groups is 1. The molecule has 0 saturated carbocycles. The van der Waals surface area contributed by atoms with Crippen LogP contribution in [-0.4, -0.2) is 48.4 Å². The second-order valence-corrected chi connectivity index (χ2v) is 4.41. The monoisotopic (exact) mass is 188 g/mol. The third-order valence-electron chi connectivity index (χ3n) is 2.61. The zero-order valence-electron chi connectivity index (χ0n) is 8.16. The summed E-state index contributed by atoms with van der Waals surface area (Å²) in [5.41, 5.74) is 0. The van der Waals surface area contributed by atoms with Gasteiger partial charge in [-0.3, -0.25) is 4.90 Å². The van der Waals surface area contributed by atoms with Gasteiger partial charge in [0.2, 0.25) is 0 Å². The van der Waals surface area contributed by atoms with Gasteiger partial charge in [-0.2, -0.15) is 12.6 Å². The Balaban J connectivity index is 2.07. The van der Waals surface area contributed by atoms with Crippen molar-refractivity contribution in [2.45, 2.75) is 25.1 Å². The zero-order chi connectivity index (χ0) is 8.97. The highest BCUT2D eigenvalue weighted by Gasteiger charge is 2.12. The fourth-order valence-electron chi connectivity index (χ4n) is 1.49. The third-order valence-corrected chi connectivity index (χ3v) is 3.00. The molecule has 2 nitrogen and oxygen atoms in total. The van der Waals surface area contributed by atoms with Crippen molar-refractivity contribution in [2.24, 2.45) is 0 Å². The van der Waals surface area contributed by atoms with Gasteiger partial charge in [0, 0.05) is 18.5 Å². The van der Waals surface area contributed by atoms with E-state index < -0.39 is 0 Å². The first-order valence-corrected chi connectivity index (χ1v) is 5.32. The van der Waals surface area contributed by atoms with E-state index in [1.807, 2.05) is 0 Å². The van der Waals surface area contributed by atoms with E-state index in [1.165, 1.54) is 32.5 Å². The molecule has 1 unspecified atom stereocenters. The van der Waals surface area contributed by atoms with Crippen molar-refractivity contribution in [3.8, 4) is 0 Å². The van der Waals surface area contributed by atoms with E-state index >= 15 is 0 Å². The molecular weight excluding hydrogens is 168 g/mol. The van der Waals surface area contributed by atoms with Crippen LogP contribution >= 0.6 is 12.6 Å². The Kier molecular flexibility index (Phi) is 4.40. The van der Waals surface area contributed by atoms with Crippen LogP contribution in [-0.2, 0) is 0 Å². The van der Waals surface area contributed by atoms with E-state index in [0.29, 0.717) is 5.37 Å². The van der Waals surface area contributed by atoms with Crippen molar-refractivity contribution in [1.29, 1.82) is 0 Å². The Bertz CT molecular complexity index is 120. The van der Waals surface area contributed by atoms with Gasteiger partial charge in [-0.25, -0.2) is 0 Å². The Morgan fingerprint density at radius 3 is 2.50 bits per heavy atom. The maximum Gasteiger partial charge on any atom is 0.0496 e. The summed E-state index contributed by atoms with van der Waals surface area (Å²) >= 11 is 4.38. The lowest BCUT2D eigenvalue weighted by molar-refractivity contribution is 0.254. The molecule has 0 N–H and O–H groups in total. The largest absolute Gasteiger partial charge is 0.302 e. The van der Waals surface area contributed by atoms with E-state index in [4.69, 9.17) is 0 Å². The molecule has 0 aromatic rings. The second-order valence-electron chi connectivity index (χ2n) is 3.66.